The molecule has 3 aromatic carbocycles. The van der Waals surface area contributed by atoms with Crippen LogP contribution >= 0.6 is 11.8 Å². The van der Waals surface area contributed by atoms with Gasteiger partial charge in [0, 0.05) is 5.75 Å². The van der Waals surface area contributed by atoms with Crippen LogP contribution in [-0.4, -0.2) is 31.4 Å². The maximum absolute atomic E-state index is 12.3. The molecular weight excluding hydrogens is 480 g/mol. The minimum Gasteiger partial charge on any atom is -0.497 e. The summed E-state index contributed by atoms with van der Waals surface area (Å²) >= 11 is 1.57. The number of carbonyl (C=O) groups excluding carboxylic acids is 1. The van der Waals surface area contributed by atoms with E-state index in [1.165, 1.54) is 50.3 Å². The second kappa shape index (κ2) is 16.2. The number of aryl methyl sites for hydroxylation is 2. The van der Waals surface area contributed by atoms with Gasteiger partial charge in [-0.15, -0.1) is 11.8 Å². The summed E-state index contributed by atoms with van der Waals surface area (Å²) in [5.41, 5.74) is 4.74. The van der Waals surface area contributed by atoms with E-state index in [-0.39, 0.29) is 0 Å². The maximum atomic E-state index is 12.3. The highest BCUT2D eigenvalue weighted by molar-refractivity contribution is 7.98. The Morgan fingerprint density at radius 2 is 1.38 bits per heavy atom. The van der Waals surface area contributed by atoms with Crippen molar-refractivity contribution in [2.45, 2.75) is 68.5 Å². The van der Waals surface area contributed by atoms with Gasteiger partial charge in [0.15, 0.2) is 6.10 Å². The summed E-state index contributed by atoms with van der Waals surface area (Å²) in [6, 6.07) is 26.8. The van der Waals surface area contributed by atoms with Crippen LogP contribution in [0.4, 0.5) is 0 Å². The van der Waals surface area contributed by atoms with Crippen molar-refractivity contribution in [1.82, 2.24) is 0 Å². The summed E-state index contributed by atoms with van der Waals surface area (Å²) < 4.78 is 10.1. The van der Waals surface area contributed by atoms with Crippen LogP contribution in [-0.2, 0) is 28.1 Å². The van der Waals surface area contributed by atoms with Gasteiger partial charge in [-0.05, 0) is 60.1 Å². The molecule has 0 aliphatic heterocycles. The second-order valence-corrected chi connectivity index (χ2v) is 10.5. The van der Waals surface area contributed by atoms with Gasteiger partial charge in [-0.3, -0.25) is 0 Å². The zero-order valence-electron chi connectivity index (χ0n) is 22.1. The molecule has 3 aromatic rings. The zero-order valence-corrected chi connectivity index (χ0v) is 22.9. The number of benzene rings is 3. The number of rotatable bonds is 16. The number of aliphatic hydroxyl groups is 1. The van der Waals surface area contributed by atoms with Gasteiger partial charge < -0.3 is 14.6 Å². The Kier molecular flexibility index (Phi) is 12.6. The smallest absolute Gasteiger partial charge is 0.336 e. The highest BCUT2D eigenvalue weighted by Crippen LogP contribution is 2.37. The van der Waals surface area contributed by atoms with Gasteiger partial charge in [-0.25, -0.2) is 4.79 Å². The molecule has 0 saturated carbocycles. The Hall–Kier alpha value is -2.76. The minimum absolute atomic E-state index is 0.399. The van der Waals surface area contributed by atoms with Crippen LogP contribution in [0.2, 0.25) is 0 Å². The van der Waals surface area contributed by atoms with Gasteiger partial charge in [0.2, 0.25) is 0 Å². The molecule has 0 bridgehead atoms. The third kappa shape index (κ3) is 9.56. The first-order valence-corrected chi connectivity index (χ1v) is 14.3. The van der Waals surface area contributed by atoms with Crippen molar-refractivity contribution in [3.63, 3.8) is 0 Å². The molecule has 0 radical (unpaired) electrons. The van der Waals surface area contributed by atoms with Crippen molar-refractivity contribution in [3.05, 3.63) is 101 Å². The molecule has 3 rings (SSSR count). The molecule has 0 amide bonds. The van der Waals surface area contributed by atoms with E-state index >= 15 is 0 Å². The predicted molar refractivity (Wildman–Crippen MR) is 153 cm³/mol. The van der Waals surface area contributed by atoms with Crippen LogP contribution in [0.3, 0.4) is 0 Å². The van der Waals surface area contributed by atoms with Crippen LogP contribution < -0.4 is 4.74 Å². The van der Waals surface area contributed by atoms with Crippen molar-refractivity contribution in [2.75, 3.05) is 14.2 Å². The van der Waals surface area contributed by atoms with Crippen molar-refractivity contribution >= 4 is 17.7 Å². The Morgan fingerprint density at radius 3 is 2.05 bits per heavy atom. The van der Waals surface area contributed by atoms with Gasteiger partial charge in [0.05, 0.1) is 19.5 Å². The van der Waals surface area contributed by atoms with Crippen LogP contribution in [0.5, 0.6) is 5.75 Å². The van der Waals surface area contributed by atoms with E-state index in [0.717, 1.165) is 36.1 Å². The molecule has 198 valence electrons. The first-order chi connectivity index (χ1) is 18.1. The number of esters is 1. The molecular formula is C32H40O4S. The Labute approximate surface area is 226 Å². The SMILES string of the molecule is COC(=O)C(O)C(SCc1ccc(OC)cc1)c1ccccc1CCCCCCCCc1ccccc1. The molecule has 2 unspecified atom stereocenters. The van der Waals surface area contributed by atoms with Gasteiger partial charge in [-0.1, -0.05) is 92.4 Å². The number of ether oxygens (including phenoxy) is 2. The number of unbranched alkanes of at least 4 members (excludes halogenated alkanes) is 5. The standard InChI is InChI=1S/C32H40O4S/c1-35-28-22-20-26(21-23-28)24-37-31(30(33)32(34)36-2)29-19-13-12-18-27(29)17-11-6-4-3-5-8-14-25-15-9-7-10-16-25/h7,9-10,12-13,15-16,18-23,30-31,33H,3-6,8,11,14,17,24H2,1-2H3. The number of methoxy groups -OCH3 is 2. The second-order valence-electron chi connectivity index (χ2n) is 9.35. The van der Waals surface area contributed by atoms with E-state index in [2.05, 4.69) is 36.4 Å². The number of hydrogen-bond acceptors (Lipinski definition) is 5. The molecule has 5 heteroatoms. The fourth-order valence-electron chi connectivity index (χ4n) is 4.54. The largest absolute Gasteiger partial charge is 0.497 e. The number of thioether (sulfide) groups is 1. The summed E-state index contributed by atoms with van der Waals surface area (Å²) in [4.78, 5) is 12.3. The van der Waals surface area contributed by atoms with E-state index < -0.39 is 17.3 Å². The van der Waals surface area contributed by atoms with Crippen molar-refractivity contribution in [1.29, 1.82) is 0 Å². The normalized spacial score (nSPS) is 12.6. The molecule has 1 N–H and O–H groups in total. The van der Waals surface area contributed by atoms with E-state index in [4.69, 9.17) is 9.47 Å². The van der Waals surface area contributed by atoms with Gasteiger partial charge >= 0.3 is 5.97 Å². The van der Waals surface area contributed by atoms with Crippen LogP contribution in [0.25, 0.3) is 0 Å². The van der Waals surface area contributed by atoms with E-state index in [1.807, 2.05) is 42.5 Å². The minimum atomic E-state index is -1.22. The Balaban J connectivity index is 1.53. The molecule has 2 atom stereocenters. The van der Waals surface area contributed by atoms with Gasteiger partial charge in [-0.2, -0.15) is 0 Å². The quantitative estimate of drug-likeness (QED) is 0.158. The summed E-state index contributed by atoms with van der Waals surface area (Å²) in [5, 5.41) is 10.5. The summed E-state index contributed by atoms with van der Waals surface area (Å²) in [7, 11) is 2.97. The molecule has 37 heavy (non-hydrogen) atoms. The summed E-state index contributed by atoms with van der Waals surface area (Å²) in [6.07, 6.45) is 8.15. The van der Waals surface area contributed by atoms with Gasteiger partial charge in [0.1, 0.15) is 5.75 Å². The average molecular weight is 521 g/mol. The van der Waals surface area contributed by atoms with Gasteiger partial charge in [0.25, 0.3) is 0 Å². The lowest BCUT2D eigenvalue weighted by atomic mass is 9.96. The molecule has 0 spiro atoms. The molecule has 0 aromatic heterocycles. The lowest BCUT2D eigenvalue weighted by molar-refractivity contribution is -0.150. The van der Waals surface area contributed by atoms with Crippen LogP contribution in [0.1, 0.15) is 66.0 Å². The molecule has 0 saturated heterocycles. The maximum Gasteiger partial charge on any atom is 0.336 e. The van der Waals surface area contributed by atoms with Crippen molar-refractivity contribution < 1.29 is 19.4 Å². The Bertz CT molecular complexity index is 1050. The van der Waals surface area contributed by atoms with E-state index in [9.17, 15) is 9.90 Å². The predicted octanol–water partition coefficient (Wildman–Crippen LogP) is 7.33. The number of aliphatic hydroxyl groups excluding tert-OH is 1. The topological polar surface area (TPSA) is 55.8 Å². The number of hydrogen-bond donors (Lipinski definition) is 1. The van der Waals surface area contributed by atoms with E-state index in [0.29, 0.717) is 5.75 Å². The molecule has 0 aliphatic rings. The first kappa shape index (κ1) is 28.8. The van der Waals surface area contributed by atoms with Crippen molar-refractivity contribution in [2.24, 2.45) is 0 Å². The van der Waals surface area contributed by atoms with Crippen LogP contribution in [0, 0.1) is 0 Å². The fourth-order valence-corrected chi connectivity index (χ4v) is 5.81. The lowest BCUT2D eigenvalue weighted by Gasteiger charge is -2.24. The summed E-state index contributed by atoms with van der Waals surface area (Å²) in [5.74, 6) is 0.874. The molecule has 0 aliphatic carbocycles. The van der Waals surface area contributed by atoms with E-state index in [1.54, 1.807) is 18.9 Å². The van der Waals surface area contributed by atoms with Crippen LogP contribution in [0.15, 0.2) is 78.9 Å². The molecule has 4 nitrogen and oxygen atoms in total. The van der Waals surface area contributed by atoms with Crippen molar-refractivity contribution in [3.8, 4) is 5.75 Å². The number of carbonyl (C=O) groups is 1. The highest BCUT2D eigenvalue weighted by Gasteiger charge is 2.30. The monoisotopic (exact) mass is 520 g/mol. The highest BCUT2D eigenvalue weighted by atomic mass is 32.2. The third-order valence-electron chi connectivity index (χ3n) is 6.68. The molecule has 0 fully saturated rings. The lowest BCUT2D eigenvalue weighted by Crippen LogP contribution is -2.28. The zero-order chi connectivity index (χ0) is 26.3. The third-order valence-corrected chi connectivity index (χ3v) is 8.05. The average Bonchev–Trinajstić information content (AvgIpc) is 2.95. The summed E-state index contributed by atoms with van der Waals surface area (Å²) in [6.45, 7) is 0. The fraction of sp³-hybridized carbons (Fsp3) is 0.406. The first-order valence-electron chi connectivity index (χ1n) is 13.2. The molecule has 0 heterocycles. The Morgan fingerprint density at radius 1 is 0.757 bits per heavy atom.